The highest BCUT2D eigenvalue weighted by Gasteiger charge is 2.13. The molecule has 0 spiro atoms. The number of rotatable bonds is 3. The van der Waals surface area contributed by atoms with Crippen LogP contribution in [0, 0.1) is 5.89 Å². The summed E-state index contributed by atoms with van der Waals surface area (Å²) in [6.45, 7) is -0.755. The van der Waals surface area contributed by atoms with Gasteiger partial charge >= 0.3 is 11.9 Å². The lowest BCUT2D eigenvalue weighted by molar-refractivity contribution is -0.147. The highest BCUT2D eigenvalue weighted by Crippen LogP contribution is 1.99. The summed E-state index contributed by atoms with van der Waals surface area (Å²) >= 11 is 0. The molecule has 0 bridgehead atoms. The van der Waals surface area contributed by atoms with Crippen LogP contribution in [0.5, 0.6) is 0 Å². The molecule has 0 aromatic rings. The molecule has 0 radical (unpaired) electrons. The average Bonchev–Trinajstić information content (AvgIpc) is 1.86. The zero-order valence-corrected chi connectivity index (χ0v) is 4.63. The van der Waals surface area contributed by atoms with Gasteiger partial charge in [0, 0.05) is 2.74 Å². The number of hydrogen-bond donors (Lipinski definition) is 2. The Balaban J connectivity index is 4.34. The molecule has 0 saturated heterocycles. The van der Waals surface area contributed by atoms with Gasteiger partial charge in [-0.2, -0.15) is 0 Å². The fraction of sp³-hybridized carbons (Fsp3) is 0.600. The molecule has 0 aliphatic heterocycles. The van der Waals surface area contributed by atoms with Crippen molar-refractivity contribution in [1.82, 2.24) is 0 Å². The van der Waals surface area contributed by atoms with Crippen LogP contribution in [0.2, 0.25) is 0 Å². The molecule has 0 amide bonds. The summed E-state index contributed by atoms with van der Waals surface area (Å²) in [5, 5.41) is 16.5. The van der Waals surface area contributed by atoms with Crippen molar-refractivity contribution in [2.24, 2.45) is 5.89 Å². The molecule has 0 aromatic carbocycles. The van der Waals surface area contributed by atoms with Crippen LogP contribution >= 0.6 is 0 Å². The molecule has 0 saturated carbocycles. The summed E-state index contributed by atoms with van der Waals surface area (Å²) in [4.78, 5) is 20.2. The van der Waals surface area contributed by atoms with E-state index in [2.05, 4.69) is 0 Å². The van der Waals surface area contributed by atoms with Gasteiger partial charge in [-0.25, -0.2) is 0 Å². The standard InChI is InChI=1S/C5H8O4/c1-3(5(8)9)2-4(6)7/h3H,2H2,1H3,(H,6,7)(H,8,9)/t3-/m0/s1/i1D,3D. The van der Waals surface area contributed by atoms with Crippen molar-refractivity contribution < 1.29 is 22.5 Å². The number of aliphatic carboxylic acids is 2. The van der Waals surface area contributed by atoms with E-state index in [4.69, 9.17) is 13.0 Å². The molecule has 1 atom stereocenters. The minimum Gasteiger partial charge on any atom is -0.481 e. The molecule has 0 aromatic heterocycles. The maximum absolute atomic E-state index is 10.2. The van der Waals surface area contributed by atoms with Crippen molar-refractivity contribution >= 4 is 11.9 Å². The van der Waals surface area contributed by atoms with Crippen molar-refractivity contribution in [1.29, 1.82) is 0 Å². The van der Waals surface area contributed by atoms with Crippen LogP contribution in [0.25, 0.3) is 0 Å². The first-order valence-electron chi connectivity index (χ1n) is 3.37. The van der Waals surface area contributed by atoms with Gasteiger partial charge in [0.2, 0.25) is 0 Å². The second-order valence-corrected chi connectivity index (χ2v) is 1.48. The fourth-order valence-electron chi connectivity index (χ4n) is 0.258. The van der Waals surface area contributed by atoms with Gasteiger partial charge in [-0.1, -0.05) is 6.90 Å². The third-order valence-corrected chi connectivity index (χ3v) is 0.667. The van der Waals surface area contributed by atoms with E-state index in [-0.39, 0.29) is 0 Å². The quantitative estimate of drug-likeness (QED) is 0.577. The summed E-state index contributed by atoms with van der Waals surface area (Å²) < 4.78 is 13.6. The van der Waals surface area contributed by atoms with Crippen LogP contribution in [-0.4, -0.2) is 22.2 Å². The van der Waals surface area contributed by atoms with Crippen LogP contribution in [-0.2, 0) is 9.59 Å². The zero-order valence-electron chi connectivity index (χ0n) is 6.63. The van der Waals surface area contributed by atoms with Crippen molar-refractivity contribution in [3.8, 4) is 0 Å². The lowest BCUT2D eigenvalue weighted by Gasteiger charge is -1.98. The third kappa shape index (κ3) is 3.52. The van der Waals surface area contributed by atoms with E-state index in [1.54, 1.807) is 0 Å². The van der Waals surface area contributed by atoms with Crippen LogP contribution in [0.4, 0.5) is 0 Å². The van der Waals surface area contributed by atoms with E-state index in [0.717, 1.165) is 0 Å². The Hall–Kier alpha value is -1.06. The Morgan fingerprint density at radius 3 is 2.44 bits per heavy atom. The highest BCUT2D eigenvalue weighted by molar-refractivity contribution is 5.77. The summed E-state index contributed by atoms with van der Waals surface area (Å²) in [6.07, 6.45) is -0.841. The molecular weight excluding hydrogens is 124 g/mol. The number of hydrogen-bond acceptors (Lipinski definition) is 2. The normalized spacial score (nSPS) is 19.1. The number of carboxylic acid groups (broad SMARTS) is 2. The highest BCUT2D eigenvalue weighted by atomic mass is 16.4. The smallest absolute Gasteiger partial charge is 0.306 e. The van der Waals surface area contributed by atoms with E-state index >= 15 is 0 Å². The lowest BCUT2D eigenvalue weighted by Crippen LogP contribution is -2.13. The molecule has 0 heterocycles. The molecule has 0 aliphatic rings. The molecule has 0 rings (SSSR count). The van der Waals surface area contributed by atoms with Crippen LogP contribution in [0.1, 0.15) is 16.1 Å². The first-order chi connectivity index (χ1) is 4.92. The summed E-state index contributed by atoms with van der Waals surface area (Å²) in [6, 6.07) is 0. The van der Waals surface area contributed by atoms with Crippen LogP contribution < -0.4 is 0 Å². The molecule has 4 heteroatoms. The Morgan fingerprint density at radius 1 is 1.78 bits per heavy atom. The Morgan fingerprint density at radius 2 is 2.33 bits per heavy atom. The minimum atomic E-state index is -2.20. The summed E-state index contributed by atoms with van der Waals surface area (Å²) in [7, 11) is 0. The van der Waals surface area contributed by atoms with E-state index in [9.17, 15) is 9.59 Å². The predicted octanol–water partition coefficient (Wildman–Crippen LogP) is 0.182. The molecule has 52 valence electrons. The molecule has 9 heavy (non-hydrogen) atoms. The molecule has 2 N–H and O–H groups in total. The maximum atomic E-state index is 10.2. The zero-order chi connectivity index (χ0) is 9.07. The van der Waals surface area contributed by atoms with Gasteiger partial charge in [-0.05, 0) is 0 Å². The molecule has 4 nitrogen and oxygen atoms in total. The van der Waals surface area contributed by atoms with Crippen molar-refractivity contribution in [2.75, 3.05) is 0 Å². The number of carbonyl (C=O) groups is 2. The average molecular weight is 134 g/mol. The first kappa shape index (κ1) is 4.78. The van der Waals surface area contributed by atoms with Gasteiger partial charge in [-0.3, -0.25) is 9.59 Å². The Kier molecular flexibility index (Phi) is 1.63. The lowest BCUT2D eigenvalue weighted by atomic mass is 10.1. The molecule has 0 unspecified atom stereocenters. The van der Waals surface area contributed by atoms with Gasteiger partial charge in [0.15, 0.2) is 0 Å². The Bertz CT molecular complexity index is 181. The molecule has 0 aliphatic carbocycles. The van der Waals surface area contributed by atoms with E-state index in [1.807, 2.05) is 0 Å². The summed E-state index contributed by atoms with van der Waals surface area (Å²) in [5.41, 5.74) is 0. The number of carboxylic acids is 2. The van der Waals surface area contributed by atoms with E-state index in [0.29, 0.717) is 0 Å². The van der Waals surface area contributed by atoms with Crippen LogP contribution in [0.15, 0.2) is 0 Å². The largest absolute Gasteiger partial charge is 0.481 e. The van der Waals surface area contributed by atoms with Gasteiger partial charge in [0.05, 0.1) is 12.3 Å². The third-order valence-electron chi connectivity index (χ3n) is 0.667. The second-order valence-electron chi connectivity index (χ2n) is 1.48. The van der Waals surface area contributed by atoms with E-state index < -0.39 is 31.2 Å². The second kappa shape index (κ2) is 3.06. The van der Waals surface area contributed by atoms with Crippen molar-refractivity contribution in [3.63, 3.8) is 0 Å². The van der Waals surface area contributed by atoms with E-state index in [1.165, 1.54) is 0 Å². The van der Waals surface area contributed by atoms with Gasteiger partial charge in [0.25, 0.3) is 0 Å². The molecule has 0 fully saturated rings. The summed E-state index contributed by atoms with van der Waals surface area (Å²) in [5.74, 6) is -5.16. The SMILES string of the molecule is [2H]C[C@@]([2H])(CC(=O)O)C(=O)O. The fourth-order valence-corrected chi connectivity index (χ4v) is 0.258. The first-order valence-corrected chi connectivity index (χ1v) is 2.17. The van der Waals surface area contributed by atoms with Gasteiger partial charge in [0.1, 0.15) is 0 Å². The van der Waals surface area contributed by atoms with Gasteiger partial charge < -0.3 is 10.2 Å². The van der Waals surface area contributed by atoms with Crippen LogP contribution in [0.3, 0.4) is 0 Å². The van der Waals surface area contributed by atoms with Crippen molar-refractivity contribution in [2.45, 2.75) is 13.3 Å². The molecular formula is C5H8O4. The Labute approximate surface area is 54.9 Å². The van der Waals surface area contributed by atoms with Crippen molar-refractivity contribution in [3.05, 3.63) is 0 Å². The minimum absolute atomic E-state index is 0.755. The topological polar surface area (TPSA) is 74.6 Å². The maximum Gasteiger partial charge on any atom is 0.306 e. The van der Waals surface area contributed by atoms with Gasteiger partial charge in [-0.15, -0.1) is 0 Å². The predicted molar refractivity (Wildman–Crippen MR) is 29.1 cm³/mol. The monoisotopic (exact) mass is 134 g/mol.